The first-order valence-corrected chi connectivity index (χ1v) is 7.24. The van der Waals surface area contributed by atoms with Crippen molar-refractivity contribution >= 4 is 29.7 Å². The predicted molar refractivity (Wildman–Crippen MR) is 84.9 cm³/mol. The summed E-state index contributed by atoms with van der Waals surface area (Å²) in [6.45, 7) is 8.76. The van der Waals surface area contributed by atoms with Crippen molar-refractivity contribution in [3.8, 4) is 0 Å². The molecule has 0 saturated carbocycles. The summed E-state index contributed by atoms with van der Waals surface area (Å²) in [6.07, 6.45) is 1.00. The summed E-state index contributed by atoms with van der Waals surface area (Å²) in [4.78, 5) is 13.2. The van der Waals surface area contributed by atoms with E-state index in [4.69, 9.17) is 5.73 Å². The zero-order valence-electron chi connectivity index (χ0n) is 12.1. The Morgan fingerprint density at radius 2 is 2.11 bits per heavy atom. The van der Waals surface area contributed by atoms with E-state index in [0.29, 0.717) is 12.5 Å². The van der Waals surface area contributed by atoms with Gasteiger partial charge in [-0.1, -0.05) is 33.8 Å². The molecule has 1 heterocycles. The minimum absolute atomic E-state index is 0. The number of rotatable bonds is 5. The van der Waals surface area contributed by atoms with E-state index in [1.54, 1.807) is 11.3 Å². The van der Waals surface area contributed by atoms with Crippen molar-refractivity contribution in [2.24, 2.45) is 17.1 Å². The molecule has 0 radical (unpaired) electrons. The minimum Gasteiger partial charge on any atom is -0.354 e. The SMILES string of the molecule is CC(CNC(=O)[C@@H](N)C(C)(C)C)Cc1cccs1.Cl. The molecule has 19 heavy (non-hydrogen) atoms. The monoisotopic (exact) mass is 304 g/mol. The van der Waals surface area contributed by atoms with Gasteiger partial charge in [-0.3, -0.25) is 4.79 Å². The van der Waals surface area contributed by atoms with Gasteiger partial charge in [-0.05, 0) is 29.2 Å². The Labute approximate surface area is 126 Å². The Morgan fingerprint density at radius 1 is 1.47 bits per heavy atom. The minimum atomic E-state index is -0.452. The maximum Gasteiger partial charge on any atom is 0.237 e. The maximum atomic E-state index is 11.9. The largest absolute Gasteiger partial charge is 0.354 e. The van der Waals surface area contributed by atoms with E-state index in [1.165, 1.54) is 4.88 Å². The number of amides is 1. The van der Waals surface area contributed by atoms with Crippen molar-refractivity contribution in [3.63, 3.8) is 0 Å². The number of hydrogen-bond acceptors (Lipinski definition) is 3. The molecule has 3 N–H and O–H groups in total. The highest BCUT2D eigenvalue weighted by molar-refractivity contribution is 7.09. The molecule has 0 aliphatic heterocycles. The quantitative estimate of drug-likeness (QED) is 0.879. The van der Waals surface area contributed by atoms with Gasteiger partial charge in [-0.2, -0.15) is 0 Å². The van der Waals surface area contributed by atoms with Gasteiger partial charge < -0.3 is 11.1 Å². The van der Waals surface area contributed by atoms with Gasteiger partial charge in [-0.25, -0.2) is 0 Å². The molecule has 110 valence electrons. The zero-order chi connectivity index (χ0) is 13.8. The highest BCUT2D eigenvalue weighted by Crippen LogP contribution is 2.17. The number of thiophene rings is 1. The van der Waals surface area contributed by atoms with Crippen molar-refractivity contribution in [3.05, 3.63) is 22.4 Å². The molecule has 2 atom stereocenters. The van der Waals surface area contributed by atoms with E-state index < -0.39 is 6.04 Å². The van der Waals surface area contributed by atoms with E-state index in [0.717, 1.165) is 6.42 Å². The molecule has 0 aliphatic carbocycles. The summed E-state index contributed by atoms with van der Waals surface area (Å²) in [7, 11) is 0. The summed E-state index contributed by atoms with van der Waals surface area (Å²) >= 11 is 1.76. The van der Waals surface area contributed by atoms with E-state index in [2.05, 4.69) is 29.8 Å². The van der Waals surface area contributed by atoms with Gasteiger partial charge in [0.25, 0.3) is 0 Å². The smallest absolute Gasteiger partial charge is 0.237 e. The second-order valence-electron chi connectivity index (χ2n) is 5.98. The van der Waals surface area contributed by atoms with E-state index >= 15 is 0 Å². The van der Waals surface area contributed by atoms with Crippen molar-refractivity contribution in [2.45, 2.75) is 40.2 Å². The molecule has 0 aromatic carbocycles. The van der Waals surface area contributed by atoms with Crippen LogP contribution in [0.1, 0.15) is 32.6 Å². The molecule has 1 aromatic rings. The summed E-state index contributed by atoms with van der Waals surface area (Å²) in [5, 5.41) is 5.02. The Hall–Kier alpha value is -0.580. The topological polar surface area (TPSA) is 55.1 Å². The van der Waals surface area contributed by atoms with Crippen molar-refractivity contribution in [2.75, 3.05) is 6.54 Å². The number of carbonyl (C=O) groups is 1. The lowest BCUT2D eigenvalue weighted by Crippen LogP contribution is -2.49. The standard InChI is InChI=1S/C14H24N2OS.ClH/c1-10(8-11-6-5-7-18-11)9-16-13(17)12(15)14(2,3)4;/h5-7,10,12H,8-9,15H2,1-4H3,(H,16,17);1H/t10?,12-;/m1./s1. The molecular formula is C14H25ClN2OS. The molecule has 5 heteroatoms. The summed E-state index contributed by atoms with van der Waals surface area (Å²) in [5.74, 6) is 0.375. The fourth-order valence-corrected chi connectivity index (χ4v) is 2.49. The van der Waals surface area contributed by atoms with E-state index in [1.807, 2.05) is 20.8 Å². The molecule has 3 nitrogen and oxygen atoms in total. The lowest BCUT2D eigenvalue weighted by atomic mass is 9.87. The third kappa shape index (κ3) is 6.41. The van der Waals surface area contributed by atoms with Crippen LogP contribution in [0.3, 0.4) is 0 Å². The van der Waals surface area contributed by atoms with Crippen LogP contribution < -0.4 is 11.1 Å². The number of halogens is 1. The second kappa shape index (κ2) is 7.88. The summed E-state index contributed by atoms with van der Waals surface area (Å²) in [5.41, 5.74) is 5.71. The molecule has 1 rings (SSSR count). The van der Waals surface area contributed by atoms with Crippen LogP contribution in [-0.2, 0) is 11.2 Å². The van der Waals surface area contributed by atoms with Gasteiger partial charge in [0.15, 0.2) is 0 Å². The first-order valence-electron chi connectivity index (χ1n) is 6.36. The predicted octanol–water partition coefficient (Wildman–Crippen LogP) is 2.84. The van der Waals surface area contributed by atoms with Gasteiger partial charge in [-0.15, -0.1) is 23.7 Å². The van der Waals surface area contributed by atoms with Gasteiger partial charge in [0.1, 0.15) is 0 Å². The molecule has 1 unspecified atom stereocenters. The Kier molecular flexibility index (Phi) is 7.64. The molecular weight excluding hydrogens is 280 g/mol. The number of carbonyl (C=O) groups excluding carboxylic acids is 1. The first kappa shape index (κ1) is 18.4. The molecule has 0 spiro atoms. The third-order valence-electron chi connectivity index (χ3n) is 2.97. The molecule has 0 aliphatic rings. The zero-order valence-corrected chi connectivity index (χ0v) is 13.7. The number of nitrogens with two attached hydrogens (primary N) is 1. The van der Waals surface area contributed by atoms with Crippen LogP contribution >= 0.6 is 23.7 Å². The average molecular weight is 305 g/mol. The molecule has 0 bridgehead atoms. The van der Waals surface area contributed by atoms with E-state index in [9.17, 15) is 4.79 Å². The lowest BCUT2D eigenvalue weighted by molar-refractivity contribution is -0.124. The third-order valence-corrected chi connectivity index (χ3v) is 3.87. The maximum absolute atomic E-state index is 11.9. The Balaban J connectivity index is 0.00000324. The highest BCUT2D eigenvalue weighted by atomic mass is 35.5. The first-order chi connectivity index (χ1) is 8.30. The number of nitrogens with one attached hydrogen (secondary N) is 1. The van der Waals surface area contributed by atoms with Crippen LogP contribution in [0.5, 0.6) is 0 Å². The Bertz CT molecular complexity index is 373. The highest BCUT2D eigenvalue weighted by Gasteiger charge is 2.27. The molecule has 1 aromatic heterocycles. The fourth-order valence-electron chi connectivity index (χ4n) is 1.62. The van der Waals surface area contributed by atoms with Crippen LogP contribution in [0, 0.1) is 11.3 Å². The molecule has 0 fully saturated rings. The second-order valence-corrected chi connectivity index (χ2v) is 7.01. The van der Waals surface area contributed by atoms with Crippen molar-refractivity contribution < 1.29 is 4.79 Å². The summed E-state index contributed by atoms with van der Waals surface area (Å²) in [6, 6.07) is 3.73. The van der Waals surface area contributed by atoms with Crippen LogP contribution in [0.4, 0.5) is 0 Å². The fraction of sp³-hybridized carbons (Fsp3) is 0.643. The normalized spacial score (nSPS) is 14.4. The van der Waals surface area contributed by atoms with Gasteiger partial charge in [0.2, 0.25) is 5.91 Å². The van der Waals surface area contributed by atoms with E-state index in [-0.39, 0.29) is 23.7 Å². The lowest BCUT2D eigenvalue weighted by Gasteiger charge is -2.26. The Morgan fingerprint density at radius 3 is 2.58 bits per heavy atom. The van der Waals surface area contributed by atoms with Gasteiger partial charge in [0, 0.05) is 11.4 Å². The summed E-state index contributed by atoms with van der Waals surface area (Å²) < 4.78 is 0. The van der Waals surface area contributed by atoms with Gasteiger partial charge in [0.05, 0.1) is 6.04 Å². The van der Waals surface area contributed by atoms with Gasteiger partial charge >= 0.3 is 0 Å². The number of hydrogen-bond donors (Lipinski definition) is 2. The average Bonchev–Trinajstić information content (AvgIpc) is 2.76. The van der Waals surface area contributed by atoms with Crippen LogP contribution in [0.15, 0.2) is 17.5 Å². The van der Waals surface area contributed by atoms with Crippen LogP contribution in [0.25, 0.3) is 0 Å². The molecule has 1 amide bonds. The van der Waals surface area contributed by atoms with Crippen molar-refractivity contribution in [1.82, 2.24) is 5.32 Å². The molecule has 0 saturated heterocycles. The van der Waals surface area contributed by atoms with Crippen LogP contribution in [-0.4, -0.2) is 18.5 Å². The van der Waals surface area contributed by atoms with Crippen molar-refractivity contribution in [1.29, 1.82) is 0 Å². The van der Waals surface area contributed by atoms with Crippen LogP contribution in [0.2, 0.25) is 0 Å².